The van der Waals surface area contributed by atoms with Crippen LogP contribution in [0, 0.1) is 21.4 Å². The number of imide groups is 1. The van der Waals surface area contributed by atoms with Gasteiger partial charge in [0.25, 0.3) is 17.5 Å². The molecule has 3 amide bonds. The molecule has 28 heavy (non-hydrogen) atoms. The molecule has 0 saturated heterocycles. The quantitative estimate of drug-likeness (QED) is 0.466. The van der Waals surface area contributed by atoms with Crippen molar-refractivity contribution in [1.29, 1.82) is 5.26 Å². The topological polar surface area (TPSA) is 133 Å². The van der Waals surface area contributed by atoms with Crippen molar-refractivity contribution in [2.24, 2.45) is 0 Å². The summed E-state index contributed by atoms with van der Waals surface area (Å²) in [5.74, 6) is -1.42. The number of anilines is 1. The van der Waals surface area contributed by atoms with E-state index in [-0.39, 0.29) is 42.1 Å². The van der Waals surface area contributed by atoms with Crippen molar-refractivity contribution in [3.8, 4) is 6.07 Å². The molecular formula is C19H14N4O5. The van der Waals surface area contributed by atoms with E-state index in [9.17, 15) is 24.5 Å². The lowest BCUT2D eigenvalue weighted by molar-refractivity contribution is -0.384. The van der Waals surface area contributed by atoms with Crippen LogP contribution in [0.25, 0.3) is 0 Å². The summed E-state index contributed by atoms with van der Waals surface area (Å²) in [5.41, 5.74) is 0.878. The molecule has 1 aliphatic heterocycles. The first-order chi connectivity index (χ1) is 13.4. The number of hydrogen-bond acceptors (Lipinski definition) is 6. The fourth-order valence-electron chi connectivity index (χ4n) is 2.84. The molecular weight excluding hydrogens is 364 g/mol. The van der Waals surface area contributed by atoms with Gasteiger partial charge < -0.3 is 5.32 Å². The number of nitro benzene ring substituents is 1. The van der Waals surface area contributed by atoms with Gasteiger partial charge in [-0.2, -0.15) is 5.26 Å². The Morgan fingerprint density at radius 3 is 2.43 bits per heavy atom. The number of hydrogen-bond donors (Lipinski definition) is 1. The third-order valence-electron chi connectivity index (χ3n) is 4.25. The van der Waals surface area contributed by atoms with Gasteiger partial charge >= 0.3 is 0 Å². The van der Waals surface area contributed by atoms with E-state index in [1.54, 1.807) is 24.3 Å². The minimum atomic E-state index is -0.631. The molecule has 9 heteroatoms. The normalized spacial score (nSPS) is 12.5. The fourth-order valence-corrected chi connectivity index (χ4v) is 2.84. The van der Waals surface area contributed by atoms with Gasteiger partial charge in [-0.3, -0.25) is 29.4 Å². The summed E-state index contributed by atoms with van der Waals surface area (Å²) >= 11 is 0. The van der Waals surface area contributed by atoms with E-state index < -0.39 is 16.7 Å². The van der Waals surface area contributed by atoms with Crippen molar-refractivity contribution in [1.82, 2.24) is 4.90 Å². The van der Waals surface area contributed by atoms with Crippen molar-refractivity contribution in [2.75, 3.05) is 11.9 Å². The number of non-ortho nitro benzene ring substituents is 1. The van der Waals surface area contributed by atoms with Crippen LogP contribution < -0.4 is 5.32 Å². The summed E-state index contributed by atoms with van der Waals surface area (Å²) in [6.07, 6.45) is 0.323. The number of nitriles is 1. The molecule has 0 saturated carbocycles. The Labute approximate surface area is 159 Å². The number of fused-ring (bicyclic) bond motifs is 1. The van der Waals surface area contributed by atoms with Crippen LogP contribution in [0.4, 0.5) is 11.4 Å². The lowest BCUT2D eigenvalue weighted by Gasteiger charge is -2.13. The zero-order valence-electron chi connectivity index (χ0n) is 14.5. The zero-order chi connectivity index (χ0) is 20.3. The van der Waals surface area contributed by atoms with Crippen molar-refractivity contribution >= 4 is 29.1 Å². The Balaban J connectivity index is 1.56. The predicted octanol–water partition coefficient (Wildman–Crippen LogP) is 2.48. The first-order valence-electron chi connectivity index (χ1n) is 8.35. The maximum absolute atomic E-state index is 12.4. The third-order valence-corrected chi connectivity index (χ3v) is 4.25. The van der Waals surface area contributed by atoms with Crippen LogP contribution in [0.1, 0.15) is 39.1 Å². The van der Waals surface area contributed by atoms with Crippen LogP contribution >= 0.6 is 0 Å². The summed E-state index contributed by atoms with van der Waals surface area (Å²) in [7, 11) is 0. The van der Waals surface area contributed by atoms with Gasteiger partial charge in [0.15, 0.2) is 0 Å². The number of nitrogens with one attached hydrogen (secondary N) is 1. The van der Waals surface area contributed by atoms with E-state index in [0.717, 1.165) is 11.0 Å². The van der Waals surface area contributed by atoms with Crippen LogP contribution in [0.2, 0.25) is 0 Å². The largest absolute Gasteiger partial charge is 0.326 e. The lowest BCUT2D eigenvalue weighted by atomic mass is 10.1. The van der Waals surface area contributed by atoms with Gasteiger partial charge in [-0.1, -0.05) is 0 Å². The molecule has 0 radical (unpaired) electrons. The molecule has 0 unspecified atom stereocenters. The summed E-state index contributed by atoms with van der Waals surface area (Å²) in [6, 6.07) is 11.9. The average molecular weight is 378 g/mol. The second-order valence-corrected chi connectivity index (χ2v) is 6.09. The number of carbonyl (C=O) groups is 3. The summed E-state index contributed by atoms with van der Waals surface area (Å²) in [5, 5.41) is 22.3. The molecule has 2 aromatic carbocycles. The van der Waals surface area contributed by atoms with Gasteiger partial charge in [0.2, 0.25) is 5.91 Å². The van der Waals surface area contributed by atoms with E-state index in [0.29, 0.717) is 11.3 Å². The summed E-state index contributed by atoms with van der Waals surface area (Å²) < 4.78 is 0. The number of rotatable bonds is 6. The molecule has 0 aromatic heterocycles. The first kappa shape index (κ1) is 18.7. The van der Waals surface area contributed by atoms with E-state index in [1.165, 1.54) is 12.1 Å². The monoisotopic (exact) mass is 378 g/mol. The molecule has 1 aliphatic rings. The maximum atomic E-state index is 12.4. The summed E-state index contributed by atoms with van der Waals surface area (Å²) in [4.78, 5) is 47.9. The van der Waals surface area contributed by atoms with Crippen LogP contribution in [0.5, 0.6) is 0 Å². The molecule has 0 spiro atoms. The van der Waals surface area contributed by atoms with Gasteiger partial charge in [-0.25, -0.2) is 0 Å². The minimum Gasteiger partial charge on any atom is -0.326 e. The van der Waals surface area contributed by atoms with E-state index in [1.807, 2.05) is 6.07 Å². The van der Waals surface area contributed by atoms with Gasteiger partial charge in [-0.15, -0.1) is 0 Å². The number of amides is 3. The standard InChI is InChI=1S/C19H14N4O5/c20-11-12-3-5-13(6-4-12)21-17(24)2-1-9-22-18(25)15-8-7-14(23(27)28)10-16(15)19(22)26/h3-8,10H,1-2,9H2,(H,21,24). The highest BCUT2D eigenvalue weighted by Gasteiger charge is 2.36. The third kappa shape index (κ3) is 3.71. The van der Waals surface area contributed by atoms with Gasteiger partial charge in [0.1, 0.15) is 0 Å². The van der Waals surface area contributed by atoms with E-state index in [2.05, 4.69) is 5.32 Å². The second-order valence-electron chi connectivity index (χ2n) is 6.09. The first-order valence-corrected chi connectivity index (χ1v) is 8.35. The van der Waals surface area contributed by atoms with Crippen molar-refractivity contribution < 1.29 is 19.3 Å². The Morgan fingerprint density at radius 1 is 1.11 bits per heavy atom. The van der Waals surface area contributed by atoms with E-state index in [4.69, 9.17) is 5.26 Å². The number of benzene rings is 2. The smallest absolute Gasteiger partial charge is 0.270 e. The minimum absolute atomic E-state index is 0.00114. The maximum Gasteiger partial charge on any atom is 0.270 e. The Morgan fingerprint density at radius 2 is 1.79 bits per heavy atom. The summed E-state index contributed by atoms with van der Waals surface area (Å²) in [6.45, 7) is 0.0287. The molecule has 1 N–H and O–H groups in total. The van der Waals surface area contributed by atoms with Crippen LogP contribution in [-0.4, -0.2) is 34.1 Å². The molecule has 1 heterocycles. The van der Waals surface area contributed by atoms with Gasteiger partial charge in [0.05, 0.1) is 27.7 Å². The second kappa shape index (κ2) is 7.67. The molecule has 9 nitrogen and oxygen atoms in total. The van der Waals surface area contributed by atoms with Crippen LogP contribution in [0.3, 0.4) is 0 Å². The average Bonchev–Trinajstić information content (AvgIpc) is 2.93. The van der Waals surface area contributed by atoms with Crippen LogP contribution in [0.15, 0.2) is 42.5 Å². The Hall–Kier alpha value is -4.06. The molecule has 0 bridgehead atoms. The highest BCUT2D eigenvalue weighted by molar-refractivity contribution is 6.21. The highest BCUT2D eigenvalue weighted by Crippen LogP contribution is 2.27. The number of carbonyl (C=O) groups excluding carboxylic acids is 3. The molecule has 0 aliphatic carbocycles. The molecule has 140 valence electrons. The van der Waals surface area contributed by atoms with Crippen LogP contribution in [-0.2, 0) is 4.79 Å². The van der Waals surface area contributed by atoms with Crippen molar-refractivity contribution in [2.45, 2.75) is 12.8 Å². The van der Waals surface area contributed by atoms with Crippen molar-refractivity contribution in [3.63, 3.8) is 0 Å². The van der Waals surface area contributed by atoms with E-state index >= 15 is 0 Å². The van der Waals surface area contributed by atoms with Gasteiger partial charge in [-0.05, 0) is 36.8 Å². The lowest BCUT2D eigenvalue weighted by Crippen LogP contribution is -2.31. The fraction of sp³-hybridized carbons (Fsp3) is 0.158. The van der Waals surface area contributed by atoms with Crippen molar-refractivity contribution in [3.05, 3.63) is 69.3 Å². The Bertz CT molecular complexity index is 1020. The molecule has 2 aromatic rings. The number of nitrogens with zero attached hydrogens (tertiary/aromatic N) is 3. The Kier molecular flexibility index (Phi) is 5.13. The van der Waals surface area contributed by atoms with Gasteiger partial charge in [0, 0.05) is 30.8 Å². The number of nitro groups is 1. The zero-order valence-corrected chi connectivity index (χ0v) is 14.5. The highest BCUT2D eigenvalue weighted by atomic mass is 16.6. The predicted molar refractivity (Wildman–Crippen MR) is 97.5 cm³/mol. The molecule has 0 fully saturated rings. The molecule has 3 rings (SSSR count). The SMILES string of the molecule is N#Cc1ccc(NC(=O)CCCN2C(=O)c3ccc([N+](=O)[O-])cc3C2=O)cc1. The molecule has 0 atom stereocenters.